The summed E-state index contributed by atoms with van der Waals surface area (Å²) in [6.07, 6.45) is 7.25. The molecule has 0 radical (unpaired) electrons. The lowest BCUT2D eigenvalue weighted by atomic mass is 9.78. The van der Waals surface area contributed by atoms with Crippen molar-refractivity contribution in [1.29, 1.82) is 0 Å². The molecule has 5 nitrogen and oxygen atoms in total. The lowest BCUT2D eigenvalue weighted by molar-refractivity contribution is -0.144. The standard InChI is InChI=1S/C13H18N2O3/c1-2-13(8-7-9-5-3-4-6-9)10(16)14-12(18)15-11(13)17/h7H,2-6,8H2,1H3,(H2,14,15,16,17,18). The Balaban J connectivity index is 2.18. The molecule has 0 aromatic carbocycles. The number of carbonyl (C=O) groups is 3. The summed E-state index contributed by atoms with van der Waals surface area (Å²) < 4.78 is 0. The van der Waals surface area contributed by atoms with Gasteiger partial charge >= 0.3 is 6.03 Å². The Morgan fingerprint density at radius 2 is 1.67 bits per heavy atom. The Kier molecular flexibility index (Phi) is 3.50. The quantitative estimate of drug-likeness (QED) is 0.590. The van der Waals surface area contributed by atoms with Gasteiger partial charge < -0.3 is 0 Å². The van der Waals surface area contributed by atoms with Crippen molar-refractivity contribution in [3.05, 3.63) is 11.6 Å². The highest BCUT2D eigenvalue weighted by molar-refractivity contribution is 6.19. The molecular weight excluding hydrogens is 232 g/mol. The van der Waals surface area contributed by atoms with Gasteiger partial charge in [0.15, 0.2) is 0 Å². The largest absolute Gasteiger partial charge is 0.328 e. The lowest BCUT2D eigenvalue weighted by Crippen LogP contribution is -2.62. The number of hydrogen-bond acceptors (Lipinski definition) is 3. The van der Waals surface area contributed by atoms with Crippen molar-refractivity contribution in [2.24, 2.45) is 5.41 Å². The van der Waals surface area contributed by atoms with Gasteiger partial charge in [-0.2, -0.15) is 0 Å². The van der Waals surface area contributed by atoms with Crippen molar-refractivity contribution < 1.29 is 14.4 Å². The maximum absolute atomic E-state index is 12.0. The number of imide groups is 2. The highest BCUT2D eigenvalue weighted by Crippen LogP contribution is 2.33. The Hall–Kier alpha value is -1.65. The van der Waals surface area contributed by atoms with Crippen molar-refractivity contribution in [3.63, 3.8) is 0 Å². The number of rotatable bonds is 3. The van der Waals surface area contributed by atoms with E-state index in [0.717, 1.165) is 12.8 Å². The fourth-order valence-corrected chi connectivity index (χ4v) is 2.58. The van der Waals surface area contributed by atoms with Crippen LogP contribution in [0.2, 0.25) is 0 Å². The third-order valence-corrected chi connectivity index (χ3v) is 3.91. The summed E-state index contributed by atoms with van der Waals surface area (Å²) in [5, 5.41) is 4.38. The molecule has 2 aliphatic rings. The Bertz CT molecular complexity index is 398. The van der Waals surface area contributed by atoms with Crippen LogP contribution in [0.25, 0.3) is 0 Å². The molecule has 0 spiro atoms. The van der Waals surface area contributed by atoms with Gasteiger partial charge in [0.2, 0.25) is 11.8 Å². The maximum Gasteiger partial charge on any atom is 0.328 e. The monoisotopic (exact) mass is 250 g/mol. The van der Waals surface area contributed by atoms with Crippen molar-refractivity contribution in [2.45, 2.75) is 45.4 Å². The summed E-state index contributed by atoms with van der Waals surface area (Å²) >= 11 is 0. The van der Waals surface area contributed by atoms with Crippen LogP contribution in [0.5, 0.6) is 0 Å². The van der Waals surface area contributed by atoms with Gasteiger partial charge in [-0.1, -0.05) is 18.6 Å². The van der Waals surface area contributed by atoms with E-state index in [4.69, 9.17) is 0 Å². The molecule has 1 saturated heterocycles. The molecule has 0 unspecified atom stereocenters. The molecule has 1 aliphatic heterocycles. The first kappa shape index (κ1) is 12.8. The molecule has 2 N–H and O–H groups in total. The maximum atomic E-state index is 12.0. The molecule has 1 saturated carbocycles. The van der Waals surface area contributed by atoms with E-state index in [1.54, 1.807) is 6.92 Å². The van der Waals surface area contributed by atoms with E-state index in [1.807, 2.05) is 6.08 Å². The summed E-state index contributed by atoms with van der Waals surface area (Å²) in [5.41, 5.74) is 0.198. The van der Waals surface area contributed by atoms with Crippen LogP contribution in [0, 0.1) is 5.41 Å². The summed E-state index contributed by atoms with van der Waals surface area (Å²) in [6.45, 7) is 1.79. The van der Waals surface area contributed by atoms with Crippen molar-refractivity contribution >= 4 is 17.8 Å². The van der Waals surface area contributed by atoms with E-state index in [0.29, 0.717) is 12.8 Å². The molecule has 2 fully saturated rings. The number of nitrogens with one attached hydrogen (secondary N) is 2. The van der Waals surface area contributed by atoms with Crippen LogP contribution in [0.3, 0.4) is 0 Å². The molecular formula is C13H18N2O3. The van der Waals surface area contributed by atoms with E-state index in [1.165, 1.54) is 18.4 Å². The molecule has 1 heterocycles. The first-order valence-corrected chi connectivity index (χ1v) is 6.43. The van der Waals surface area contributed by atoms with Crippen molar-refractivity contribution in [3.8, 4) is 0 Å². The van der Waals surface area contributed by atoms with E-state index >= 15 is 0 Å². The number of allylic oxidation sites excluding steroid dienone is 2. The molecule has 0 bridgehead atoms. The molecule has 98 valence electrons. The lowest BCUT2D eigenvalue weighted by Gasteiger charge is -2.32. The molecule has 18 heavy (non-hydrogen) atoms. The van der Waals surface area contributed by atoms with E-state index in [2.05, 4.69) is 10.6 Å². The van der Waals surface area contributed by atoms with Crippen LogP contribution in [-0.2, 0) is 9.59 Å². The minimum atomic E-state index is -1.12. The molecule has 4 amide bonds. The second-order valence-electron chi connectivity index (χ2n) is 4.95. The highest BCUT2D eigenvalue weighted by Gasteiger charge is 2.48. The van der Waals surface area contributed by atoms with E-state index in [-0.39, 0.29) is 0 Å². The number of urea groups is 1. The van der Waals surface area contributed by atoms with Gasteiger partial charge in [0.1, 0.15) is 5.41 Å². The predicted molar refractivity (Wildman–Crippen MR) is 65.6 cm³/mol. The minimum absolute atomic E-state index is 0.379. The number of carbonyl (C=O) groups excluding carboxylic acids is 3. The SMILES string of the molecule is CCC1(CC=C2CCCC2)C(=O)NC(=O)NC1=O. The smallest absolute Gasteiger partial charge is 0.277 e. The fourth-order valence-electron chi connectivity index (χ4n) is 2.58. The van der Waals surface area contributed by atoms with Gasteiger partial charge in [0.05, 0.1) is 0 Å². The Morgan fingerprint density at radius 3 is 2.17 bits per heavy atom. The van der Waals surface area contributed by atoms with Gasteiger partial charge in [-0.15, -0.1) is 0 Å². The molecule has 5 heteroatoms. The number of hydrogen-bond donors (Lipinski definition) is 2. The zero-order valence-corrected chi connectivity index (χ0v) is 10.5. The van der Waals surface area contributed by atoms with Gasteiger partial charge in [0, 0.05) is 0 Å². The number of barbiturate groups is 1. The van der Waals surface area contributed by atoms with E-state index in [9.17, 15) is 14.4 Å². The minimum Gasteiger partial charge on any atom is -0.277 e. The second kappa shape index (κ2) is 4.92. The van der Waals surface area contributed by atoms with Gasteiger partial charge in [-0.25, -0.2) is 4.79 Å². The summed E-state index contributed by atoms with van der Waals surface area (Å²) in [5.74, 6) is -0.956. The normalized spacial score (nSPS) is 22.7. The van der Waals surface area contributed by atoms with E-state index < -0.39 is 23.3 Å². The molecule has 1 aliphatic carbocycles. The fraction of sp³-hybridized carbons (Fsp3) is 0.615. The third-order valence-electron chi connectivity index (χ3n) is 3.91. The molecule has 0 aromatic rings. The topological polar surface area (TPSA) is 75.3 Å². The zero-order valence-electron chi connectivity index (χ0n) is 10.5. The van der Waals surface area contributed by atoms with Gasteiger partial charge in [-0.05, 0) is 38.5 Å². The molecule has 0 atom stereocenters. The van der Waals surface area contributed by atoms with Crippen LogP contribution in [0.15, 0.2) is 11.6 Å². The van der Waals surface area contributed by atoms with Gasteiger partial charge in [0.25, 0.3) is 0 Å². The third kappa shape index (κ3) is 2.17. The average molecular weight is 250 g/mol. The highest BCUT2D eigenvalue weighted by atomic mass is 16.2. The summed E-state index contributed by atoms with van der Waals surface area (Å²) in [4.78, 5) is 35.0. The van der Waals surface area contributed by atoms with Crippen molar-refractivity contribution in [2.75, 3.05) is 0 Å². The first-order valence-electron chi connectivity index (χ1n) is 6.43. The van der Waals surface area contributed by atoms with Crippen LogP contribution in [-0.4, -0.2) is 17.8 Å². The van der Waals surface area contributed by atoms with Crippen molar-refractivity contribution in [1.82, 2.24) is 10.6 Å². The Labute approximate surface area is 106 Å². The first-order chi connectivity index (χ1) is 8.58. The Morgan fingerprint density at radius 1 is 1.11 bits per heavy atom. The van der Waals surface area contributed by atoms with Crippen LogP contribution >= 0.6 is 0 Å². The number of amides is 4. The van der Waals surface area contributed by atoms with Crippen LogP contribution in [0.1, 0.15) is 45.4 Å². The van der Waals surface area contributed by atoms with Crippen LogP contribution < -0.4 is 10.6 Å². The molecule has 0 aromatic heterocycles. The van der Waals surface area contributed by atoms with Crippen LogP contribution in [0.4, 0.5) is 4.79 Å². The summed E-state index contributed by atoms with van der Waals surface area (Å²) in [6, 6.07) is -0.720. The second-order valence-corrected chi connectivity index (χ2v) is 4.95. The summed E-state index contributed by atoms with van der Waals surface area (Å²) in [7, 11) is 0. The predicted octanol–water partition coefficient (Wildman–Crippen LogP) is 1.64. The van der Waals surface area contributed by atoms with Gasteiger partial charge in [-0.3, -0.25) is 20.2 Å². The average Bonchev–Trinajstić information content (AvgIpc) is 2.81. The molecule has 2 rings (SSSR count). The zero-order chi connectivity index (χ0) is 13.2.